The van der Waals surface area contributed by atoms with Gasteiger partial charge in [-0.15, -0.1) is 0 Å². The number of carbonyl (C=O) groups excluding carboxylic acids is 1. The summed E-state index contributed by atoms with van der Waals surface area (Å²) in [6.07, 6.45) is 0. The van der Waals surface area contributed by atoms with Gasteiger partial charge in [-0.3, -0.25) is 9.69 Å². The molecule has 11 aromatic carbocycles. The standard InChI is InChI=1S/C76H63N3O2/c1-5-77(6-2)61-46-48-65-67(50-61)81-68-51-62(78(7-3)8-4)47-49-66(68)76(65)64-37-25-24-36-63(64)75(80)79(76)60-44-42-53(43-45-60)52-38-40-59(41-39-52)74-72(57-32-20-12-21-33-57)70(55-28-16-10-17-29-55)69(54-26-14-9-15-27-54)71(56-30-18-11-19-31-56)73(74)58-34-22-13-23-35-58/h9-51H,5-8H2,1-4H3. The van der Waals surface area contributed by atoms with E-state index in [1.165, 1.54) is 27.8 Å². The van der Waals surface area contributed by atoms with E-state index in [2.05, 4.69) is 286 Å². The zero-order chi connectivity index (χ0) is 55.0. The summed E-state index contributed by atoms with van der Waals surface area (Å²) in [6, 6.07) is 93.5. The van der Waals surface area contributed by atoms with Gasteiger partial charge in [-0.2, -0.15) is 0 Å². The highest BCUT2D eigenvalue weighted by Crippen LogP contribution is 2.60. The van der Waals surface area contributed by atoms with Crippen LogP contribution in [0.1, 0.15) is 54.7 Å². The molecule has 394 valence electrons. The van der Waals surface area contributed by atoms with E-state index in [1.807, 2.05) is 17.0 Å². The van der Waals surface area contributed by atoms with Gasteiger partial charge >= 0.3 is 0 Å². The number of anilines is 3. The van der Waals surface area contributed by atoms with Crippen molar-refractivity contribution in [2.24, 2.45) is 0 Å². The molecule has 0 bridgehead atoms. The molecule has 2 heterocycles. The Hall–Kier alpha value is -9.71. The van der Waals surface area contributed by atoms with Gasteiger partial charge in [0, 0.05) is 77.6 Å². The Kier molecular flexibility index (Phi) is 13.5. The lowest BCUT2D eigenvalue weighted by molar-refractivity contribution is 0.0985. The minimum absolute atomic E-state index is 0.0476. The predicted molar refractivity (Wildman–Crippen MR) is 338 cm³/mol. The largest absolute Gasteiger partial charge is 0.456 e. The normalized spacial score (nSPS) is 12.8. The Morgan fingerprint density at radius 1 is 0.333 bits per heavy atom. The molecule has 11 aromatic rings. The van der Waals surface area contributed by atoms with Gasteiger partial charge < -0.3 is 14.5 Å². The molecule has 0 atom stereocenters. The first-order valence-corrected chi connectivity index (χ1v) is 28.6. The molecular formula is C76H63N3O2. The number of hydrogen-bond acceptors (Lipinski definition) is 4. The van der Waals surface area contributed by atoms with Crippen LogP contribution >= 0.6 is 0 Å². The molecule has 0 aliphatic carbocycles. The number of nitrogens with zero attached hydrogens (tertiary/aromatic N) is 3. The molecule has 1 spiro atoms. The van der Waals surface area contributed by atoms with Crippen molar-refractivity contribution in [3.8, 4) is 89.4 Å². The molecule has 0 saturated heterocycles. The molecule has 5 heteroatoms. The first-order valence-electron chi connectivity index (χ1n) is 28.6. The van der Waals surface area contributed by atoms with Crippen LogP contribution in [0.5, 0.6) is 11.5 Å². The summed E-state index contributed by atoms with van der Waals surface area (Å²) in [6.45, 7) is 12.2. The molecule has 2 aliphatic heterocycles. The van der Waals surface area contributed by atoms with Crippen LogP contribution in [0.4, 0.5) is 17.1 Å². The molecule has 81 heavy (non-hydrogen) atoms. The maximum absolute atomic E-state index is 15.4. The minimum atomic E-state index is -1.01. The van der Waals surface area contributed by atoms with Crippen LogP contribution in [-0.2, 0) is 5.54 Å². The Labute approximate surface area is 476 Å². The predicted octanol–water partition coefficient (Wildman–Crippen LogP) is 19.1. The number of rotatable bonds is 14. The Morgan fingerprint density at radius 2 is 0.642 bits per heavy atom. The summed E-state index contributed by atoms with van der Waals surface area (Å²) < 4.78 is 7.03. The molecule has 0 radical (unpaired) electrons. The smallest absolute Gasteiger partial charge is 0.260 e. The summed E-state index contributed by atoms with van der Waals surface area (Å²) in [5.41, 5.74) is 21.5. The van der Waals surface area contributed by atoms with Crippen LogP contribution in [0.15, 0.2) is 261 Å². The third-order valence-electron chi connectivity index (χ3n) is 16.7. The number of hydrogen-bond donors (Lipinski definition) is 0. The molecule has 2 aliphatic rings. The van der Waals surface area contributed by atoms with Crippen molar-refractivity contribution in [2.75, 3.05) is 40.9 Å². The highest BCUT2D eigenvalue weighted by molar-refractivity contribution is 6.16. The molecule has 0 unspecified atom stereocenters. The monoisotopic (exact) mass is 1050 g/mol. The van der Waals surface area contributed by atoms with E-state index in [4.69, 9.17) is 4.74 Å². The maximum atomic E-state index is 15.4. The van der Waals surface area contributed by atoms with Crippen molar-refractivity contribution >= 4 is 23.0 Å². The van der Waals surface area contributed by atoms with Crippen molar-refractivity contribution in [1.29, 1.82) is 0 Å². The van der Waals surface area contributed by atoms with Crippen LogP contribution in [0.25, 0.3) is 77.9 Å². The van der Waals surface area contributed by atoms with Gasteiger partial charge in [0.25, 0.3) is 5.91 Å². The second-order valence-corrected chi connectivity index (χ2v) is 20.9. The first-order chi connectivity index (χ1) is 39.9. The molecule has 1 amide bonds. The molecule has 0 fully saturated rings. The molecule has 0 aromatic heterocycles. The third kappa shape index (κ3) is 8.60. The Morgan fingerprint density at radius 3 is 1.00 bits per heavy atom. The van der Waals surface area contributed by atoms with Crippen LogP contribution in [0.3, 0.4) is 0 Å². The fourth-order valence-electron chi connectivity index (χ4n) is 13.0. The van der Waals surface area contributed by atoms with Crippen molar-refractivity contribution < 1.29 is 9.53 Å². The van der Waals surface area contributed by atoms with Gasteiger partial charge in [-0.05, 0) is 136 Å². The average molecular weight is 1050 g/mol. The van der Waals surface area contributed by atoms with Crippen molar-refractivity contribution in [3.05, 3.63) is 283 Å². The van der Waals surface area contributed by atoms with Gasteiger partial charge in [0.2, 0.25) is 0 Å². The molecule has 0 saturated carbocycles. The summed E-state index contributed by atoms with van der Waals surface area (Å²) >= 11 is 0. The summed E-state index contributed by atoms with van der Waals surface area (Å²) in [7, 11) is 0. The van der Waals surface area contributed by atoms with E-state index < -0.39 is 5.54 Å². The lowest BCUT2D eigenvalue weighted by Gasteiger charge is -2.44. The average Bonchev–Trinajstić information content (AvgIpc) is 4.02. The summed E-state index contributed by atoms with van der Waals surface area (Å²) in [5.74, 6) is 1.46. The Balaban J connectivity index is 0.991. The topological polar surface area (TPSA) is 36.0 Å². The van der Waals surface area contributed by atoms with Crippen molar-refractivity contribution in [1.82, 2.24) is 0 Å². The van der Waals surface area contributed by atoms with E-state index in [-0.39, 0.29) is 5.91 Å². The van der Waals surface area contributed by atoms with Gasteiger partial charge in [-0.1, -0.05) is 218 Å². The number of benzene rings is 11. The first kappa shape index (κ1) is 50.8. The van der Waals surface area contributed by atoms with E-state index in [0.29, 0.717) is 5.56 Å². The van der Waals surface area contributed by atoms with Crippen LogP contribution in [0, 0.1) is 0 Å². The third-order valence-corrected chi connectivity index (χ3v) is 16.7. The molecular weight excluding hydrogens is 987 g/mol. The second kappa shape index (κ2) is 21.5. The highest BCUT2D eigenvalue weighted by atomic mass is 16.5. The number of carbonyl (C=O) groups is 1. The summed E-state index contributed by atoms with van der Waals surface area (Å²) in [4.78, 5) is 22.1. The highest BCUT2D eigenvalue weighted by Gasteiger charge is 2.57. The molecule has 0 N–H and O–H groups in total. The lowest BCUT2D eigenvalue weighted by Crippen LogP contribution is -2.47. The van der Waals surface area contributed by atoms with E-state index in [0.717, 1.165) is 122 Å². The Bertz CT molecular complexity index is 3900. The van der Waals surface area contributed by atoms with E-state index in [9.17, 15) is 0 Å². The minimum Gasteiger partial charge on any atom is -0.456 e. The lowest BCUT2D eigenvalue weighted by atomic mass is 9.74. The van der Waals surface area contributed by atoms with Gasteiger partial charge in [0.1, 0.15) is 17.0 Å². The van der Waals surface area contributed by atoms with Crippen molar-refractivity contribution in [3.63, 3.8) is 0 Å². The van der Waals surface area contributed by atoms with Crippen LogP contribution < -0.4 is 19.4 Å². The molecule has 5 nitrogen and oxygen atoms in total. The van der Waals surface area contributed by atoms with Gasteiger partial charge in [-0.25, -0.2) is 0 Å². The van der Waals surface area contributed by atoms with Crippen LogP contribution in [-0.4, -0.2) is 32.1 Å². The quantitative estimate of drug-likeness (QED) is 0.109. The van der Waals surface area contributed by atoms with Crippen molar-refractivity contribution in [2.45, 2.75) is 33.2 Å². The van der Waals surface area contributed by atoms with E-state index in [1.54, 1.807) is 0 Å². The SMILES string of the molecule is CCN(CC)c1ccc2c(c1)Oc1cc(N(CC)CC)ccc1C21c2ccccc2C(=O)N1c1ccc(-c2ccc(-c3c(-c4ccccc4)c(-c4ccccc4)c(-c4ccccc4)c(-c4ccccc4)c3-c3ccccc3)cc2)cc1. The maximum Gasteiger partial charge on any atom is 0.260 e. The fraction of sp³-hybridized carbons (Fsp3) is 0.118. The number of fused-ring (bicyclic) bond motifs is 6. The zero-order valence-corrected chi connectivity index (χ0v) is 46.3. The van der Waals surface area contributed by atoms with E-state index >= 15 is 4.79 Å². The molecule has 13 rings (SSSR count). The van der Waals surface area contributed by atoms with Crippen LogP contribution in [0.2, 0.25) is 0 Å². The van der Waals surface area contributed by atoms with Gasteiger partial charge in [0.15, 0.2) is 0 Å². The fourth-order valence-corrected chi connectivity index (χ4v) is 13.0. The van der Waals surface area contributed by atoms with Gasteiger partial charge in [0.05, 0.1) is 0 Å². The number of ether oxygens (including phenoxy) is 1. The second-order valence-electron chi connectivity index (χ2n) is 20.9. The zero-order valence-electron chi connectivity index (χ0n) is 46.3. The summed E-state index contributed by atoms with van der Waals surface area (Å²) in [5, 5.41) is 0. The number of amides is 1.